The van der Waals surface area contributed by atoms with Crippen molar-refractivity contribution in [2.45, 2.75) is 26.9 Å². The Morgan fingerprint density at radius 3 is 1.35 bits per heavy atom. The normalized spacial score (nSPS) is 10.2. The zero-order chi connectivity index (χ0) is 39.3. The van der Waals surface area contributed by atoms with Gasteiger partial charge in [0.25, 0.3) is 0 Å². The van der Waals surface area contributed by atoms with Crippen molar-refractivity contribution >= 4 is 17.9 Å². The van der Waals surface area contributed by atoms with E-state index in [9.17, 15) is 40.7 Å². The fourth-order valence-corrected chi connectivity index (χ4v) is 3.11. The van der Waals surface area contributed by atoms with Crippen LogP contribution in [0.25, 0.3) is 0 Å². The zero-order valence-electron chi connectivity index (χ0n) is 28.7. The minimum Gasteiger partial charge on any atom is -0.490 e. The standard InChI is InChI=1S/C13H13F3O3.C12H12F2O3.C12H13FO3/c1-9(2)12(17)19-7-6-18-11-5-3-4-10(8-11)13(14,15)16;1-8(2)12(15)17-6-5-16-9-3-4-10(13)11(14)7-9;1-9(2)12(14)16-8-7-15-11-5-3-10(13)4-6-11/h3-5,8H,1,6-7H2,2H3;3-4,7H,1,5-6H2,2H3;3-6H,1,7-8H2,2H3. The van der Waals surface area contributed by atoms with Gasteiger partial charge in [0, 0.05) is 22.8 Å². The van der Waals surface area contributed by atoms with Crippen LogP contribution in [-0.2, 0) is 34.8 Å². The summed E-state index contributed by atoms with van der Waals surface area (Å²) in [5.74, 6) is -2.98. The van der Waals surface area contributed by atoms with Crippen LogP contribution in [0.4, 0.5) is 26.3 Å². The van der Waals surface area contributed by atoms with E-state index in [2.05, 4.69) is 19.7 Å². The summed E-state index contributed by atoms with van der Waals surface area (Å²) in [4.78, 5) is 33.0. The van der Waals surface area contributed by atoms with Crippen LogP contribution in [0.15, 0.2) is 103 Å². The second-order valence-electron chi connectivity index (χ2n) is 10.3. The molecule has 3 rings (SSSR count). The SMILES string of the molecule is C=C(C)C(=O)OCCOc1ccc(F)c(F)c1.C=C(C)C(=O)OCCOc1ccc(F)cc1.C=C(C)C(=O)OCCOc1cccc(C(F)(F)F)c1. The van der Waals surface area contributed by atoms with Crippen LogP contribution in [0.3, 0.4) is 0 Å². The molecule has 0 aromatic heterocycles. The average Bonchev–Trinajstić information content (AvgIpc) is 3.09. The van der Waals surface area contributed by atoms with E-state index < -0.39 is 41.3 Å². The van der Waals surface area contributed by atoms with Gasteiger partial charge in [-0.05, 0) is 75.4 Å². The van der Waals surface area contributed by atoms with E-state index in [1.807, 2.05) is 0 Å². The molecule has 15 heteroatoms. The molecule has 9 nitrogen and oxygen atoms in total. The van der Waals surface area contributed by atoms with Gasteiger partial charge in [-0.1, -0.05) is 25.8 Å². The smallest absolute Gasteiger partial charge is 0.416 e. The molecule has 0 saturated heterocycles. The number of rotatable bonds is 15. The maximum atomic E-state index is 12.8. The summed E-state index contributed by atoms with van der Waals surface area (Å²) >= 11 is 0. The highest BCUT2D eigenvalue weighted by molar-refractivity contribution is 5.87. The molecule has 0 aliphatic carbocycles. The van der Waals surface area contributed by atoms with Gasteiger partial charge in [0.15, 0.2) is 11.6 Å². The Bertz CT molecular complexity index is 1650. The number of ether oxygens (including phenoxy) is 6. The monoisotopic (exact) mass is 740 g/mol. The van der Waals surface area contributed by atoms with Crippen LogP contribution in [0.5, 0.6) is 17.2 Å². The number of benzene rings is 3. The number of hydrogen-bond acceptors (Lipinski definition) is 9. The van der Waals surface area contributed by atoms with Crippen LogP contribution in [0.1, 0.15) is 26.3 Å². The molecule has 0 radical (unpaired) electrons. The first kappa shape index (κ1) is 44.3. The minimum absolute atomic E-state index is 0.0185. The molecular formula is C37H38F6O9. The lowest BCUT2D eigenvalue weighted by Gasteiger charge is -2.10. The van der Waals surface area contributed by atoms with E-state index in [1.165, 1.54) is 56.3 Å². The van der Waals surface area contributed by atoms with E-state index in [1.54, 1.807) is 6.92 Å². The highest BCUT2D eigenvalue weighted by Gasteiger charge is 2.30. The predicted octanol–water partition coefficient (Wildman–Crippen LogP) is 7.99. The molecule has 0 heterocycles. The van der Waals surface area contributed by atoms with Gasteiger partial charge < -0.3 is 28.4 Å². The van der Waals surface area contributed by atoms with Crippen LogP contribution in [0.2, 0.25) is 0 Å². The first-order valence-corrected chi connectivity index (χ1v) is 15.1. The molecule has 0 fully saturated rings. The number of esters is 3. The Morgan fingerprint density at radius 2 is 0.942 bits per heavy atom. The van der Waals surface area contributed by atoms with E-state index in [4.69, 9.17) is 28.4 Å². The molecule has 52 heavy (non-hydrogen) atoms. The van der Waals surface area contributed by atoms with Crippen LogP contribution < -0.4 is 14.2 Å². The van der Waals surface area contributed by atoms with Crippen LogP contribution in [-0.4, -0.2) is 57.5 Å². The third-order valence-corrected chi connectivity index (χ3v) is 5.67. The number of alkyl halides is 3. The van der Waals surface area contributed by atoms with E-state index >= 15 is 0 Å². The topological polar surface area (TPSA) is 107 Å². The average molecular weight is 741 g/mol. The molecule has 3 aromatic carbocycles. The number of hydrogen-bond donors (Lipinski definition) is 0. The van der Waals surface area contributed by atoms with Crippen molar-refractivity contribution in [2.75, 3.05) is 39.6 Å². The lowest BCUT2D eigenvalue weighted by Crippen LogP contribution is -2.12. The summed E-state index contributed by atoms with van der Waals surface area (Å²) < 4.78 is 105. The van der Waals surface area contributed by atoms with Gasteiger partial charge in [-0.15, -0.1) is 0 Å². The van der Waals surface area contributed by atoms with Gasteiger partial charge in [-0.2, -0.15) is 13.2 Å². The number of carbonyl (C=O) groups is 3. The molecule has 0 amide bonds. The number of halogens is 6. The first-order chi connectivity index (χ1) is 24.4. The van der Waals surface area contributed by atoms with E-state index in [0.717, 1.165) is 24.3 Å². The first-order valence-electron chi connectivity index (χ1n) is 15.1. The Morgan fingerprint density at radius 1 is 0.538 bits per heavy atom. The maximum Gasteiger partial charge on any atom is 0.416 e. The van der Waals surface area contributed by atoms with Crippen LogP contribution in [0, 0.1) is 17.5 Å². The van der Waals surface area contributed by atoms with Gasteiger partial charge >= 0.3 is 24.1 Å². The third kappa shape index (κ3) is 18.9. The maximum absolute atomic E-state index is 12.8. The van der Waals surface area contributed by atoms with Crippen molar-refractivity contribution in [3.05, 3.63) is 126 Å². The van der Waals surface area contributed by atoms with Crippen molar-refractivity contribution in [1.82, 2.24) is 0 Å². The minimum atomic E-state index is -4.41. The number of carbonyl (C=O) groups excluding carboxylic acids is 3. The third-order valence-electron chi connectivity index (χ3n) is 5.67. The van der Waals surface area contributed by atoms with E-state index in [-0.39, 0.29) is 68.1 Å². The molecule has 0 bridgehead atoms. The molecule has 0 spiro atoms. The van der Waals surface area contributed by atoms with Gasteiger partial charge in [0.1, 0.15) is 62.7 Å². The fraction of sp³-hybridized carbons (Fsp3) is 0.270. The summed E-state index contributed by atoms with van der Waals surface area (Å²) in [5, 5.41) is 0. The predicted molar refractivity (Wildman–Crippen MR) is 178 cm³/mol. The van der Waals surface area contributed by atoms with Gasteiger partial charge in [-0.25, -0.2) is 27.6 Å². The second kappa shape index (κ2) is 22.9. The quantitative estimate of drug-likeness (QED) is 0.0504. The summed E-state index contributed by atoms with van der Waals surface area (Å²) in [5.41, 5.74) is 0.0996. The van der Waals surface area contributed by atoms with Crippen molar-refractivity contribution < 1.29 is 69.1 Å². The molecule has 0 atom stereocenters. The largest absolute Gasteiger partial charge is 0.490 e. The molecule has 282 valence electrons. The van der Waals surface area contributed by atoms with E-state index in [0.29, 0.717) is 11.3 Å². The highest BCUT2D eigenvalue weighted by atomic mass is 19.4. The highest BCUT2D eigenvalue weighted by Crippen LogP contribution is 2.31. The molecule has 3 aromatic rings. The summed E-state index contributed by atoms with van der Waals surface area (Å²) in [6.45, 7) is 15.2. The van der Waals surface area contributed by atoms with Crippen molar-refractivity contribution in [3.8, 4) is 17.2 Å². The summed E-state index contributed by atoms with van der Waals surface area (Å²) in [6.07, 6.45) is -4.41. The molecule has 0 N–H and O–H groups in total. The lowest BCUT2D eigenvalue weighted by atomic mass is 10.2. The van der Waals surface area contributed by atoms with Crippen molar-refractivity contribution in [3.63, 3.8) is 0 Å². The fourth-order valence-electron chi connectivity index (χ4n) is 3.11. The van der Waals surface area contributed by atoms with Crippen molar-refractivity contribution in [1.29, 1.82) is 0 Å². The van der Waals surface area contributed by atoms with Gasteiger partial charge in [-0.3, -0.25) is 0 Å². The van der Waals surface area contributed by atoms with Gasteiger partial charge in [0.05, 0.1) is 5.56 Å². The Labute approximate surface area is 297 Å². The zero-order valence-corrected chi connectivity index (χ0v) is 28.7. The molecular weight excluding hydrogens is 702 g/mol. The van der Waals surface area contributed by atoms with Crippen LogP contribution >= 0.6 is 0 Å². The Kier molecular flexibility index (Phi) is 19.5. The van der Waals surface area contributed by atoms with Gasteiger partial charge in [0.2, 0.25) is 0 Å². The molecule has 0 unspecified atom stereocenters. The lowest BCUT2D eigenvalue weighted by molar-refractivity contribution is -0.140. The van der Waals surface area contributed by atoms with Crippen molar-refractivity contribution in [2.24, 2.45) is 0 Å². The Balaban J connectivity index is 0.000000392. The molecule has 0 saturated carbocycles. The summed E-state index contributed by atoms with van der Waals surface area (Å²) in [7, 11) is 0. The summed E-state index contributed by atoms with van der Waals surface area (Å²) in [6, 6.07) is 13.3. The Hall–Kier alpha value is -5.73. The molecule has 0 aliphatic heterocycles. The second-order valence-corrected chi connectivity index (χ2v) is 10.3. The molecule has 0 aliphatic rings.